The normalized spacial score (nSPS) is 12.5. The first-order valence-electron chi connectivity index (χ1n) is 25.2. The average Bonchev–Trinajstić information content (AvgIpc) is 4.01. The van der Waals surface area contributed by atoms with Crippen LogP contribution in [-0.4, -0.2) is 0 Å². The van der Waals surface area contributed by atoms with Crippen molar-refractivity contribution in [3.63, 3.8) is 0 Å². The Labute approximate surface area is 425 Å². The molecular formula is C71H47NO. The first-order chi connectivity index (χ1) is 36.2. The Bertz CT molecular complexity index is 4140. The number of benzene rings is 12. The van der Waals surface area contributed by atoms with Gasteiger partial charge in [-0.1, -0.05) is 243 Å². The van der Waals surface area contributed by atoms with E-state index in [0.717, 1.165) is 61.3 Å². The summed E-state index contributed by atoms with van der Waals surface area (Å²) in [6.45, 7) is 0. The van der Waals surface area contributed by atoms with Gasteiger partial charge in [0.15, 0.2) is 0 Å². The van der Waals surface area contributed by atoms with Crippen molar-refractivity contribution in [2.75, 3.05) is 4.90 Å². The van der Waals surface area contributed by atoms with Crippen molar-refractivity contribution in [1.29, 1.82) is 0 Å². The molecule has 1 aliphatic rings. The summed E-state index contributed by atoms with van der Waals surface area (Å²) in [5, 5.41) is 4.74. The number of para-hydroxylation sites is 2. The summed E-state index contributed by atoms with van der Waals surface area (Å²) in [5.74, 6) is 0. The minimum atomic E-state index is -0.519. The molecule has 1 aromatic heterocycles. The van der Waals surface area contributed by atoms with Crippen molar-refractivity contribution in [2.24, 2.45) is 0 Å². The van der Waals surface area contributed by atoms with Crippen LogP contribution in [0.3, 0.4) is 0 Å². The maximum atomic E-state index is 6.41. The first-order valence-corrected chi connectivity index (χ1v) is 25.2. The molecule has 0 bridgehead atoms. The SMILES string of the molecule is c1ccc(C2(c3ccccc3)c3ccccc3-c3c(-c4ccccc4N(c4ccc(-c5ccc(-c6cccc7ccccc67)cc5)cc4)c4cccc(-c5cccc6oc7ccccc7c56)c4)cccc32)cc1. The molecule has 0 atom stereocenters. The number of fused-ring (bicyclic) bond motifs is 7. The highest BCUT2D eigenvalue weighted by atomic mass is 16.3. The van der Waals surface area contributed by atoms with E-state index in [2.05, 4.69) is 284 Å². The van der Waals surface area contributed by atoms with E-state index in [1.165, 1.54) is 66.4 Å². The second-order valence-electron chi connectivity index (χ2n) is 19.1. The summed E-state index contributed by atoms with van der Waals surface area (Å²) in [7, 11) is 0. The Morgan fingerprint density at radius 1 is 0.301 bits per heavy atom. The van der Waals surface area contributed by atoms with E-state index in [4.69, 9.17) is 4.42 Å². The Hall–Kier alpha value is -9.50. The van der Waals surface area contributed by atoms with Gasteiger partial charge in [-0.05, 0) is 126 Å². The van der Waals surface area contributed by atoms with E-state index in [1.54, 1.807) is 0 Å². The van der Waals surface area contributed by atoms with Crippen molar-refractivity contribution >= 4 is 49.8 Å². The van der Waals surface area contributed by atoms with Gasteiger partial charge in [-0.3, -0.25) is 0 Å². The molecule has 0 radical (unpaired) electrons. The molecule has 2 heteroatoms. The summed E-state index contributed by atoms with van der Waals surface area (Å²) >= 11 is 0. The van der Waals surface area contributed by atoms with E-state index in [9.17, 15) is 0 Å². The van der Waals surface area contributed by atoms with Gasteiger partial charge in [-0.25, -0.2) is 0 Å². The molecule has 0 N–H and O–H groups in total. The highest BCUT2D eigenvalue weighted by Gasteiger charge is 2.47. The monoisotopic (exact) mass is 929 g/mol. The Kier molecular flexibility index (Phi) is 10.1. The van der Waals surface area contributed by atoms with Crippen molar-refractivity contribution in [3.8, 4) is 55.6 Å². The summed E-state index contributed by atoms with van der Waals surface area (Å²) in [6, 6.07) is 104. The summed E-state index contributed by atoms with van der Waals surface area (Å²) < 4.78 is 6.41. The minimum Gasteiger partial charge on any atom is -0.456 e. The zero-order valence-electron chi connectivity index (χ0n) is 40.0. The highest BCUT2D eigenvalue weighted by molar-refractivity contribution is 6.12. The number of furan rings is 1. The van der Waals surface area contributed by atoms with Gasteiger partial charge >= 0.3 is 0 Å². The van der Waals surface area contributed by atoms with Gasteiger partial charge < -0.3 is 9.32 Å². The molecule has 342 valence electrons. The number of hydrogen-bond donors (Lipinski definition) is 0. The van der Waals surface area contributed by atoms with Gasteiger partial charge in [-0.2, -0.15) is 0 Å². The standard InChI is InChI=1S/C71H47NO/c1-3-22-53(23-4-1)71(54-24-5-2-6-25-54)64-34-12-9-29-62(64)69-61(33-17-35-65(69)71)60-28-10-13-36-66(60)72(56-26-15-21-52(47-56)59-32-18-38-68-70(59)63-30-11-14-37-67(63)73-68)55-45-43-49(44-46-55)48-39-41-51(42-40-48)58-31-16-20-50-19-7-8-27-57(50)58/h1-47H. The third-order valence-corrected chi connectivity index (χ3v) is 15.2. The van der Waals surface area contributed by atoms with Crippen LogP contribution in [-0.2, 0) is 5.41 Å². The van der Waals surface area contributed by atoms with Crippen LogP contribution in [0.25, 0.3) is 88.3 Å². The second kappa shape index (κ2) is 17.4. The van der Waals surface area contributed by atoms with Crippen molar-refractivity contribution in [2.45, 2.75) is 5.41 Å². The molecule has 0 amide bonds. The highest BCUT2D eigenvalue weighted by Crippen LogP contribution is 2.59. The lowest BCUT2D eigenvalue weighted by Crippen LogP contribution is -2.28. The van der Waals surface area contributed by atoms with Crippen LogP contribution in [0.5, 0.6) is 0 Å². The smallest absolute Gasteiger partial charge is 0.136 e. The van der Waals surface area contributed by atoms with E-state index in [0.29, 0.717) is 0 Å². The lowest BCUT2D eigenvalue weighted by atomic mass is 9.67. The fourth-order valence-corrected chi connectivity index (χ4v) is 12.0. The summed E-state index contributed by atoms with van der Waals surface area (Å²) in [6.07, 6.45) is 0. The molecule has 13 aromatic rings. The maximum absolute atomic E-state index is 6.41. The van der Waals surface area contributed by atoms with Crippen molar-refractivity contribution in [1.82, 2.24) is 0 Å². The number of rotatable bonds is 9. The predicted octanol–water partition coefficient (Wildman–Crippen LogP) is 19.2. The van der Waals surface area contributed by atoms with Gasteiger partial charge in [0, 0.05) is 27.7 Å². The lowest BCUT2D eigenvalue weighted by molar-refractivity contribution is 0.669. The largest absolute Gasteiger partial charge is 0.456 e. The van der Waals surface area contributed by atoms with Gasteiger partial charge in [0.2, 0.25) is 0 Å². The number of anilines is 3. The molecule has 0 fully saturated rings. The van der Waals surface area contributed by atoms with Crippen molar-refractivity contribution in [3.05, 3.63) is 307 Å². The van der Waals surface area contributed by atoms with Crippen LogP contribution in [0.2, 0.25) is 0 Å². The molecule has 73 heavy (non-hydrogen) atoms. The molecule has 2 nitrogen and oxygen atoms in total. The number of hydrogen-bond acceptors (Lipinski definition) is 2. The zero-order chi connectivity index (χ0) is 48.3. The van der Waals surface area contributed by atoms with Crippen LogP contribution >= 0.6 is 0 Å². The van der Waals surface area contributed by atoms with Gasteiger partial charge in [0.05, 0.1) is 11.1 Å². The topological polar surface area (TPSA) is 16.4 Å². The average molecular weight is 930 g/mol. The molecule has 12 aromatic carbocycles. The maximum Gasteiger partial charge on any atom is 0.136 e. The Morgan fingerprint density at radius 3 is 1.63 bits per heavy atom. The molecular weight excluding hydrogens is 883 g/mol. The first kappa shape index (κ1) is 42.4. The van der Waals surface area contributed by atoms with E-state index >= 15 is 0 Å². The van der Waals surface area contributed by atoms with E-state index in [-0.39, 0.29) is 0 Å². The molecule has 0 unspecified atom stereocenters. The molecule has 0 saturated heterocycles. The molecule has 14 rings (SSSR count). The number of nitrogens with zero attached hydrogens (tertiary/aromatic N) is 1. The van der Waals surface area contributed by atoms with Crippen molar-refractivity contribution < 1.29 is 4.42 Å². The van der Waals surface area contributed by atoms with Crippen LogP contribution in [0.4, 0.5) is 17.1 Å². The lowest BCUT2D eigenvalue weighted by Gasteiger charge is -2.34. The van der Waals surface area contributed by atoms with Gasteiger partial charge in [0.25, 0.3) is 0 Å². The quantitative estimate of drug-likeness (QED) is 0.143. The Balaban J connectivity index is 0.946. The molecule has 1 heterocycles. The molecule has 0 saturated carbocycles. The van der Waals surface area contributed by atoms with Gasteiger partial charge in [0.1, 0.15) is 11.2 Å². The van der Waals surface area contributed by atoms with Crippen LogP contribution in [0.15, 0.2) is 290 Å². The van der Waals surface area contributed by atoms with E-state index < -0.39 is 5.41 Å². The fraction of sp³-hybridized carbons (Fsp3) is 0.0141. The van der Waals surface area contributed by atoms with Crippen LogP contribution < -0.4 is 4.90 Å². The van der Waals surface area contributed by atoms with Crippen LogP contribution in [0.1, 0.15) is 22.3 Å². The second-order valence-corrected chi connectivity index (χ2v) is 19.1. The molecule has 1 aliphatic carbocycles. The van der Waals surface area contributed by atoms with E-state index in [1.807, 2.05) is 6.07 Å². The van der Waals surface area contributed by atoms with Gasteiger partial charge in [-0.15, -0.1) is 0 Å². The molecule has 0 aliphatic heterocycles. The molecule has 0 spiro atoms. The zero-order valence-corrected chi connectivity index (χ0v) is 40.0. The fourth-order valence-electron chi connectivity index (χ4n) is 12.0. The third-order valence-electron chi connectivity index (χ3n) is 15.2. The van der Waals surface area contributed by atoms with Crippen LogP contribution in [0, 0.1) is 0 Å². The summed E-state index contributed by atoms with van der Waals surface area (Å²) in [4.78, 5) is 2.45. The third kappa shape index (κ3) is 6.87. The minimum absolute atomic E-state index is 0.519. The predicted molar refractivity (Wildman–Crippen MR) is 305 cm³/mol. The summed E-state index contributed by atoms with van der Waals surface area (Å²) in [5.41, 5.74) is 21.4. The Morgan fingerprint density at radius 2 is 0.836 bits per heavy atom.